The molecule has 1 aliphatic heterocycles. The Bertz CT molecular complexity index is 480. The number of halogens is 1. The standard InChI is InChI=1S/C15H20ClNO3/c1-2-15(14(18)19)8-5-9-17(15)10-11-20-13-7-4-3-6-12(13)16/h3-4,6-7H,2,5,8-11H2,1H3,(H,18,19). The maximum atomic E-state index is 11.5. The van der Waals surface area contributed by atoms with Gasteiger partial charge in [-0.2, -0.15) is 0 Å². The molecule has 0 bridgehead atoms. The molecule has 0 radical (unpaired) electrons. The minimum absolute atomic E-state index is 0.443. The minimum atomic E-state index is -0.727. The summed E-state index contributed by atoms with van der Waals surface area (Å²) in [6, 6.07) is 7.31. The lowest BCUT2D eigenvalue weighted by atomic mass is 9.93. The highest BCUT2D eigenvalue weighted by atomic mass is 35.5. The maximum Gasteiger partial charge on any atom is 0.324 e. The normalized spacial score (nSPS) is 22.9. The predicted molar refractivity (Wildman–Crippen MR) is 78.4 cm³/mol. The number of ether oxygens (including phenoxy) is 1. The molecular formula is C15H20ClNO3. The first-order valence-electron chi connectivity index (χ1n) is 6.96. The largest absolute Gasteiger partial charge is 0.491 e. The zero-order chi connectivity index (χ0) is 14.6. The molecule has 4 nitrogen and oxygen atoms in total. The van der Waals surface area contributed by atoms with Crippen molar-refractivity contribution < 1.29 is 14.6 Å². The lowest BCUT2D eigenvalue weighted by molar-refractivity contribution is -0.150. The number of carboxylic acid groups (broad SMARTS) is 1. The molecule has 5 heteroatoms. The van der Waals surface area contributed by atoms with E-state index < -0.39 is 11.5 Å². The average Bonchev–Trinajstić information content (AvgIpc) is 2.85. The Morgan fingerprint density at radius 1 is 1.50 bits per heavy atom. The van der Waals surface area contributed by atoms with E-state index in [0.29, 0.717) is 36.8 Å². The average molecular weight is 298 g/mol. The zero-order valence-electron chi connectivity index (χ0n) is 11.6. The lowest BCUT2D eigenvalue weighted by Crippen LogP contribution is -2.51. The molecule has 0 aliphatic carbocycles. The van der Waals surface area contributed by atoms with Gasteiger partial charge in [0.1, 0.15) is 17.9 Å². The summed E-state index contributed by atoms with van der Waals surface area (Å²) in [5.41, 5.74) is -0.718. The van der Waals surface area contributed by atoms with Crippen LogP contribution >= 0.6 is 11.6 Å². The first-order valence-corrected chi connectivity index (χ1v) is 7.34. The number of aliphatic carboxylic acids is 1. The molecule has 20 heavy (non-hydrogen) atoms. The number of nitrogens with zero attached hydrogens (tertiary/aromatic N) is 1. The fourth-order valence-electron chi connectivity index (χ4n) is 2.88. The van der Waals surface area contributed by atoms with E-state index in [1.807, 2.05) is 30.0 Å². The summed E-state index contributed by atoms with van der Waals surface area (Å²) in [6.07, 6.45) is 2.26. The van der Waals surface area contributed by atoms with Crippen molar-refractivity contribution >= 4 is 17.6 Å². The molecule has 1 saturated heterocycles. The Hall–Kier alpha value is -1.26. The molecule has 1 fully saturated rings. The third-order valence-corrected chi connectivity index (χ3v) is 4.37. The number of para-hydroxylation sites is 1. The van der Waals surface area contributed by atoms with Crippen LogP contribution in [0.2, 0.25) is 5.02 Å². The molecule has 1 unspecified atom stereocenters. The number of hydrogen-bond acceptors (Lipinski definition) is 3. The molecule has 0 aromatic heterocycles. The van der Waals surface area contributed by atoms with Gasteiger partial charge in [0.05, 0.1) is 5.02 Å². The van der Waals surface area contributed by atoms with Crippen LogP contribution in [-0.4, -0.2) is 41.2 Å². The molecule has 1 aromatic carbocycles. The molecule has 1 aliphatic rings. The number of hydrogen-bond donors (Lipinski definition) is 1. The fraction of sp³-hybridized carbons (Fsp3) is 0.533. The van der Waals surface area contributed by atoms with Gasteiger partial charge in [0.15, 0.2) is 0 Å². The minimum Gasteiger partial charge on any atom is -0.491 e. The molecule has 0 saturated carbocycles. The summed E-state index contributed by atoms with van der Waals surface area (Å²) in [6.45, 7) is 3.79. The summed E-state index contributed by atoms with van der Waals surface area (Å²) in [4.78, 5) is 13.6. The topological polar surface area (TPSA) is 49.8 Å². The van der Waals surface area contributed by atoms with Crippen molar-refractivity contribution in [1.29, 1.82) is 0 Å². The van der Waals surface area contributed by atoms with Crippen LogP contribution in [-0.2, 0) is 4.79 Å². The number of likely N-dealkylation sites (tertiary alicyclic amines) is 1. The molecule has 1 heterocycles. The van der Waals surface area contributed by atoms with Gasteiger partial charge in [0.25, 0.3) is 0 Å². The highest BCUT2D eigenvalue weighted by Gasteiger charge is 2.45. The molecule has 0 amide bonds. The Morgan fingerprint density at radius 3 is 2.90 bits per heavy atom. The van der Waals surface area contributed by atoms with Crippen molar-refractivity contribution in [2.24, 2.45) is 0 Å². The van der Waals surface area contributed by atoms with Crippen LogP contribution in [0.4, 0.5) is 0 Å². The van der Waals surface area contributed by atoms with Crippen LogP contribution in [0.15, 0.2) is 24.3 Å². The fourth-order valence-corrected chi connectivity index (χ4v) is 3.07. The van der Waals surface area contributed by atoms with E-state index >= 15 is 0 Å². The van der Waals surface area contributed by atoms with Crippen LogP contribution in [0, 0.1) is 0 Å². The monoisotopic (exact) mass is 297 g/mol. The van der Waals surface area contributed by atoms with Crippen molar-refractivity contribution in [2.45, 2.75) is 31.7 Å². The van der Waals surface area contributed by atoms with Crippen LogP contribution in [0.5, 0.6) is 5.75 Å². The molecule has 0 spiro atoms. The van der Waals surface area contributed by atoms with E-state index in [1.165, 1.54) is 0 Å². The summed E-state index contributed by atoms with van der Waals surface area (Å²) in [5.74, 6) is -0.0824. The molecule has 1 atom stereocenters. The zero-order valence-corrected chi connectivity index (χ0v) is 12.4. The van der Waals surface area contributed by atoms with Crippen molar-refractivity contribution in [1.82, 2.24) is 4.90 Å². The van der Waals surface area contributed by atoms with Gasteiger partial charge in [-0.3, -0.25) is 9.69 Å². The Balaban J connectivity index is 1.94. The van der Waals surface area contributed by atoms with Gasteiger partial charge in [-0.1, -0.05) is 30.7 Å². The summed E-state index contributed by atoms with van der Waals surface area (Å²) in [5, 5.41) is 10.1. The van der Waals surface area contributed by atoms with Gasteiger partial charge >= 0.3 is 5.97 Å². The van der Waals surface area contributed by atoms with Crippen molar-refractivity contribution in [2.75, 3.05) is 19.7 Å². The van der Waals surface area contributed by atoms with E-state index in [0.717, 1.165) is 13.0 Å². The first kappa shape index (κ1) is 15.1. The van der Waals surface area contributed by atoms with E-state index in [-0.39, 0.29) is 0 Å². The van der Waals surface area contributed by atoms with E-state index in [1.54, 1.807) is 6.07 Å². The Morgan fingerprint density at radius 2 is 2.25 bits per heavy atom. The van der Waals surface area contributed by atoms with Crippen LogP contribution in [0.3, 0.4) is 0 Å². The molecule has 1 aromatic rings. The van der Waals surface area contributed by atoms with E-state index in [2.05, 4.69) is 0 Å². The maximum absolute atomic E-state index is 11.5. The van der Waals surface area contributed by atoms with E-state index in [9.17, 15) is 9.90 Å². The molecular weight excluding hydrogens is 278 g/mol. The molecule has 1 N–H and O–H groups in total. The van der Waals surface area contributed by atoms with Crippen LogP contribution < -0.4 is 4.74 Å². The smallest absolute Gasteiger partial charge is 0.324 e. The van der Waals surface area contributed by atoms with E-state index in [4.69, 9.17) is 16.3 Å². The van der Waals surface area contributed by atoms with Gasteiger partial charge in [0, 0.05) is 6.54 Å². The number of carboxylic acids is 1. The van der Waals surface area contributed by atoms with Gasteiger partial charge < -0.3 is 9.84 Å². The third-order valence-electron chi connectivity index (χ3n) is 4.06. The highest BCUT2D eigenvalue weighted by Crippen LogP contribution is 2.32. The molecule has 2 rings (SSSR count). The second kappa shape index (κ2) is 6.46. The lowest BCUT2D eigenvalue weighted by Gasteiger charge is -2.33. The van der Waals surface area contributed by atoms with Crippen molar-refractivity contribution in [3.05, 3.63) is 29.3 Å². The van der Waals surface area contributed by atoms with Crippen molar-refractivity contribution in [3.63, 3.8) is 0 Å². The van der Waals surface area contributed by atoms with Crippen LogP contribution in [0.1, 0.15) is 26.2 Å². The van der Waals surface area contributed by atoms with Gasteiger partial charge in [-0.15, -0.1) is 0 Å². The number of benzene rings is 1. The van der Waals surface area contributed by atoms with Gasteiger partial charge in [-0.25, -0.2) is 0 Å². The summed E-state index contributed by atoms with van der Waals surface area (Å²) >= 11 is 6.02. The van der Waals surface area contributed by atoms with Gasteiger partial charge in [-0.05, 0) is 37.9 Å². The molecule has 110 valence electrons. The predicted octanol–water partition coefficient (Wildman–Crippen LogP) is 3.05. The van der Waals surface area contributed by atoms with Crippen LogP contribution in [0.25, 0.3) is 0 Å². The number of carbonyl (C=O) groups is 1. The second-order valence-corrected chi connectivity index (χ2v) is 5.47. The van der Waals surface area contributed by atoms with Gasteiger partial charge in [0.2, 0.25) is 0 Å². The first-order chi connectivity index (χ1) is 9.60. The van der Waals surface area contributed by atoms with Crippen molar-refractivity contribution in [3.8, 4) is 5.75 Å². The Kier molecular flexibility index (Phi) is 4.89. The second-order valence-electron chi connectivity index (χ2n) is 5.06. The third kappa shape index (κ3) is 2.91. The highest BCUT2D eigenvalue weighted by molar-refractivity contribution is 6.32. The number of rotatable bonds is 6. The Labute approximate surface area is 124 Å². The SMILES string of the molecule is CCC1(C(=O)O)CCCN1CCOc1ccccc1Cl. The quantitative estimate of drug-likeness (QED) is 0.877. The summed E-state index contributed by atoms with van der Waals surface area (Å²) < 4.78 is 5.65. The summed E-state index contributed by atoms with van der Waals surface area (Å²) in [7, 11) is 0.